The summed E-state index contributed by atoms with van der Waals surface area (Å²) in [4.78, 5) is 31.1. The number of carbonyl (C=O) groups is 1. The molecule has 0 aromatic carbocycles. The Kier molecular flexibility index (Phi) is 3.91. The highest BCUT2D eigenvalue weighted by atomic mass is 16.2. The molecule has 2 rings (SSSR count). The summed E-state index contributed by atoms with van der Waals surface area (Å²) in [7, 11) is 0. The van der Waals surface area contributed by atoms with E-state index in [1.54, 1.807) is 19.9 Å². The van der Waals surface area contributed by atoms with Gasteiger partial charge in [0.15, 0.2) is 0 Å². The Morgan fingerprint density at radius 1 is 1.27 bits per heavy atom. The molecule has 0 radical (unpaired) electrons. The van der Waals surface area contributed by atoms with E-state index >= 15 is 0 Å². The molecule has 0 unspecified atom stereocenters. The number of nitrogens with zero attached hydrogens (tertiary/aromatic N) is 3. The van der Waals surface area contributed by atoms with Crippen molar-refractivity contribution in [2.24, 2.45) is 5.41 Å². The maximum absolute atomic E-state index is 12.2. The number of hydrogen-bond acceptors (Lipinski definition) is 4. The fourth-order valence-corrected chi connectivity index (χ4v) is 1.78. The van der Waals surface area contributed by atoms with Crippen molar-refractivity contribution in [1.82, 2.24) is 19.7 Å². The molecule has 0 aliphatic rings. The molecule has 0 spiro atoms. The number of H-pyrrole nitrogens is 1. The van der Waals surface area contributed by atoms with Crippen molar-refractivity contribution in [3.63, 3.8) is 0 Å². The van der Waals surface area contributed by atoms with E-state index in [9.17, 15) is 9.59 Å². The van der Waals surface area contributed by atoms with E-state index in [1.165, 1.54) is 4.68 Å². The number of hydrogen-bond donors (Lipinski definition) is 2. The van der Waals surface area contributed by atoms with Crippen LogP contribution < -0.4 is 10.9 Å². The summed E-state index contributed by atoms with van der Waals surface area (Å²) < 4.78 is 1.44. The Morgan fingerprint density at radius 3 is 2.45 bits per heavy atom. The highest BCUT2D eigenvalue weighted by Crippen LogP contribution is 2.19. The van der Waals surface area contributed by atoms with Crippen LogP contribution in [0.15, 0.2) is 10.9 Å². The standard InChI is InChI=1S/C15H21N5O2/c1-8-7-11(17-13(22)15(4,5)6)20(19-8)14-16-10(3)9(2)12(21)18-14/h7H,1-6H3,(H,17,22)(H,16,18,21). The van der Waals surface area contributed by atoms with Crippen molar-refractivity contribution in [3.05, 3.63) is 33.4 Å². The molecule has 2 N–H and O–H groups in total. The van der Waals surface area contributed by atoms with Crippen molar-refractivity contribution < 1.29 is 4.79 Å². The van der Waals surface area contributed by atoms with Crippen LogP contribution in [0.2, 0.25) is 0 Å². The minimum atomic E-state index is -0.535. The largest absolute Gasteiger partial charge is 0.310 e. The summed E-state index contributed by atoms with van der Waals surface area (Å²) in [6.07, 6.45) is 0. The van der Waals surface area contributed by atoms with Gasteiger partial charge in [0.1, 0.15) is 5.82 Å². The lowest BCUT2D eigenvalue weighted by Crippen LogP contribution is -2.29. The second-order valence-corrected chi connectivity index (χ2v) is 6.39. The van der Waals surface area contributed by atoms with E-state index in [4.69, 9.17) is 0 Å². The summed E-state index contributed by atoms with van der Waals surface area (Å²) in [5.74, 6) is 0.620. The molecule has 1 amide bonds. The smallest absolute Gasteiger partial charge is 0.255 e. The first-order valence-electron chi connectivity index (χ1n) is 7.05. The molecule has 2 aromatic rings. The zero-order valence-corrected chi connectivity index (χ0v) is 13.7. The van der Waals surface area contributed by atoms with Crippen LogP contribution >= 0.6 is 0 Å². The minimum absolute atomic E-state index is 0.139. The number of nitrogens with one attached hydrogen (secondary N) is 2. The van der Waals surface area contributed by atoms with Gasteiger partial charge < -0.3 is 5.32 Å². The Balaban J connectivity index is 2.49. The van der Waals surface area contributed by atoms with Gasteiger partial charge in [0.2, 0.25) is 11.9 Å². The summed E-state index contributed by atoms with van der Waals surface area (Å²) in [6.45, 7) is 10.8. The van der Waals surface area contributed by atoms with Gasteiger partial charge in [0.05, 0.1) is 5.69 Å². The highest BCUT2D eigenvalue weighted by Gasteiger charge is 2.23. The summed E-state index contributed by atoms with van der Waals surface area (Å²) in [5.41, 5.74) is 1.15. The normalized spacial score (nSPS) is 11.5. The Hall–Kier alpha value is -2.44. The molecule has 0 saturated carbocycles. The van der Waals surface area contributed by atoms with Crippen molar-refractivity contribution >= 4 is 11.7 Å². The third-order valence-electron chi connectivity index (χ3n) is 3.34. The van der Waals surface area contributed by atoms with Gasteiger partial charge in [-0.15, -0.1) is 0 Å². The van der Waals surface area contributed by atoms with E-state index in [0.29, 0.717) is 22.8 Å². The number of aromatic amines is 1. The molecular formula is C15H21N5O2. The number of aromatic nitrogens is 4. The van der Waals surface area contributed by atoms with Gasteiger partial charge in [-0.05, 0) is 20.8 Å². The predicted molar refractivity (Wildman–Crippen MR) is 84.3 cm³/mol. The fourth-order valence-electron chi connectivity index (χ4n) is 1.78. The van der Waals surface area contributed by atoms with E-state index in [-0.39, 0.29) is 17.4 Å². The molecule has 7 nitrogen and oxygen atoms in total. The van der Waals surface area contributed by atoms with Crippen molar-refractivity contribution in [2.75, 3.05) is 5.32 Å². The predicted octanol–water partition coefficient (Wildman–Crippen LogP) is 1.87. The molecule has 0 atom stereocenters. The molecule has 0 bridgehead atoms. The van der Waals surface area contributed by atoms with Crippen LogP contribution in [-0.2, 0) is 4.79 Å². The maximum Gasteiger partial charge on any atom is 0.255 e. The summed E-state index contributed by atoms with van der Waals surface area (Å²) >= 11 is 0. The van der Waals surface area contributed by atoms with Crippen LogP contribution in [0.1, 0.15) is 37.7 Å². The highest BCUT2D eigenvalue weighted by molar-refractivity contribution is 5.94. The van der Waals surface area contributed by atoms with Crippen LogP contribution in [0.25, 0.3) is 5.95 Å². The van der Waals surface area contributed by atoms with Gasteiger partial charge >= 0.3 is 0 Å². The third-order valence-corrected chi connectivity index (χ3v) is 3.34. The van der Waals surface area contributed by atoms with Gasteiger partial charge in [0.25, 0.3) is 5.56 Å². The molecule has 118 valence electrons. The second-order valence-electron chi connectivity index (χ2n) is 6.39. The first-order valence-corrected chi connectivity index (χ1v) is 7.05. The molecule has 7 heteroatoms. The molecule has 22 heavy (non-hydrogen) atoms. The number of aryl methyl sites for hydroxylation is 2. The Morgan fingerprint density at radius 2 is 1.91 bits per heavy atom. The zero-order chi connectivity index (χ0) is 16.7. The quantitative estimate of drug-likeness (QED) is 0.885. The number of amides is 1. The van der Waals surface area contributed by atoms with Gasteiger partial charge in [-0.3, -0.25) is 14.6 Å². The van der Waals surface area contributed by atoms with Gasteiger partial charge in [0, 0.05) is 22.7 Å². The minimum Gasteiger partial charge on any atom is -0.310 e. The molecule has 2 aromatic heterocycles. The second kappa shape index (κ2) is 5.40. The van der Waals surface area contributed by atoms with Crippen molar-refractivity contribution in [3.8, 4) is 5.95 Å². The average molecular weight is 303 g/mol. The summed E-state index contributed by atoms with van der Waals surface area (Å²) in [5, 5.41) is 7.12. The SMILES string of the molecule is Cc1cc(NC(=O)C(C)(C)C)n(-c2nc(C)c(C)c(=O)[nH]2)n1. The maximum atomic E-state index is 12.2. The Bertz CT molecular complexity index is 780. The van der Waals surface area contributed by atoms with Crippen molar-refractivity contribution in [1.29, 1.82) is 0 Å². The lowest BCUT2D eigenvalue weighted by atomic mass is 9.96. The van der Waals surface area contributed by atoms with Gasteiger partial charge in [-0.2, -0.15) is 9.78 Å². The third kappa shape index (κ3) is 3.08. The topological polar surface area (TPSA) is 92.7 Å². The van der Waals surface area contributed by atoms with Crippen LogP contribution in [0.3, 0.4) is 0 Å². The molecule has 0 fully saturated rings. The van der Waals surface area contributed by atoms with Crippen molar-refractivity contribution in [2.45, 2.75) is 41.5 Å². The van der Waals surface area contributed by atoms with E-state index in [0.717, 1.165) is 0 Å². The average Bonchev–Trinajstić information content (AvgIpc) is 2.75. The monoisotopic (exact) mass is 303 g/mol. The van der Waals surface area contributed by atoms with Crippen LogP contribution in [0.5, 0.6) is 0 Å². The van der Waals surface area contributed by atoms with Crippen LogP contribution in [0.4, 0.5) is 5.82 Å². The van der Waals surface area contributed by atoms with Crippen LogP contribution in [-0.4, -0.2) is 25.7 Å². The lowest BCUT2D eigenvalue weighted by Gasteiger charge is -2.18. The molecule has 2 heterocycles. The fraction of sp³-hybridized carbons (Fsp3) is 0.467. The van der Waals surface area contributed by atoms with E-state index < -0.39 is 5.41 Å². The number of anilines is 1. The van der Waals surface area contributed by atoms with E-state index in [2.05, 4.69) is 20.4 Å². The molecular weight excluding hydrogens is 282 g/mol. The Labute approximate surface area is 128 Å². The van der Waals surface area contributed by atoms with Gasteiger partial charge in [-0.1, -0.05) is 20.8 Å². The number of carbonyl (C=O) groups excluding carboxylic acids is 1. The first kappa shape index (κ1) is 15.9. The molecule has 0 saturated heterocycles. The van der Waals surface area contributed by atoms with Gasteiger partial charge in [-0.25, -0.2) is 4.98 Å². The molecule has 0 aliphatic carbocycles. The lowest BCUT2D eigenvalue weighted by molar-refractivity contribution is -0.123. The first-order chi connectivity index (χ1) is 10.1. The van der Waals surface area contributed by atoms with E-state index in [1.807, 2.05) is 27.7 Å². The number of rotatable bonds is 2. The van der Waals surface area contributed by atoms with Crippen LogP contribution in [0, 0.1) is 26.2 Å². The zero-order valence-electron chi connectivity index (χ0n) is 13.7. The summed E-state index contributed by atoms with van der Waals surface area (Å²) in [6, 6.07) is 1.73. The molecule has 0 aliphatic heterocycles.